The molecule has 0 fully saturated rings. The van der Waals surface area contributed by atoms with E-state index in [2.05, 4.69) is 0 Å². The third-order valence-corrected chi connectivity index (χ3v) is 6.91. The number of alkyl halides is 6. The molecule has 6 N–H and O–H groups in total. The first-order valence-corrected chi connectivity index (χ1v) is 14.0. The third-order valence-electron chi connectivity index (χ3n) is 6.91. The van der Waals surface area contributed by atoms with Gasteiger partial charge in [0.15, 0.2) is 11.6 Å². The van der Waals surface area contributed by atoms with E-state index in [1.54, 1.807) is 13.8 Å². The number of halogens is 12. The molecule has 4 aromatic rings. The van der Waals surface area contributed by atoms with Gasteiger partial charge in [0.2, 0.25) is 0 Å². The summed E-state index contributed by atoms with van der Waals surface area (Å²) in [4.78, 5) is 44.2. The van der Waals surface area contributed by atoms with Crippen LogP contribution in [0, 0.1) is 55.7 Å². The minimum Gasteiger partial charge on any atom is -0.477 e. The summed E-state index contributed by atoms with van der Waals surface area (Å²) in [6.07, 6.45) is -10.2. The molecule has 0 bridgehead atoms. The Morgan fingerprint density at radius 1 is 0.585 bits per heavy atom. The van der Waals surface area contributed by atoms with E-state index in [9.17, 15) is 71.9 Å². The monoisotopic (exact) mass is 771 g/mol. The molecule has 0 aliphatic carbocycles. The van der Waals surface area contributed by atoms with E-state index in [1.807, 2.05) is 5.32 Å². The van der Waals surface area contributed by atoms with Crippen molar-refractivity contribution >= 4 is 29.4 Å². The Balaban J connectivity index is 0.000000441. The summed E-state index contributed by atoms with van der Waals surface area (Å²) >= 11 is 0. The molecule has 0 saturated heterocycles. The molecule has 4 rings (SSSR count). The van der Waals surface area contributed by atoms with Gasteiger partial charge in [-0.2, -0.15) is 26.3 Å². The van der Waals surface area contributed by atoms with Crippen molar-refractivity contribution in [2.24, 2.45) is 11.5 Å². The molecule has 0 aromatic heterocycles. The molecule has 0 aliphatic rings. The molecule has 0 heterocycles. The highest BCUT2D eigenvalue weighted by atomic mass is 19.4. The van der Waals surface area contributed by atoms with Crippen LogP contribution in [-0.4, -0.2) is 28.8 Å². The minimum absolute atomic E-state index is 0. The van der Waals surface area contributed by atoms with Crippen molar-refractivity contribution in [1.82, 2.24) is 0 Å². The van der Waals surface area contributed by atoms with E-state index in [4.69, 9.17) is 16.6 Å². The lowest BCUT2D eigenvalue weighted by atomic mass is 10.1. The van der Waals surface area contributed by atoms with Crippen molar-refractivity contribution in [2.45, 2.75) is 33.1 Å². The number of benzene rings is 4. The highest BCUT2D eigenvalue weighted by Crippen LogP contribution is 2.35. The molecule has 53 heavy (non-hydrogen) atoms. The lowest BCUT2D eigenvalue weighted by Crippen LogP contribution is -2.21. The van der Waals surface area contributed by atoms with E-state index >= 15 is 0 Å². The second kappa shape index (κ2) is 16.5. The molecular formula is C33H25F12N3O5. The molecule has 0 unspecified atom stereocenters. The first kappa shape index (κ1) is 43.1. The van der Waals surface area contributed by atoms with Gasteiger partial charge in [-0.05, 0) is 86.0 Å². The summed E-state index contributed by atoms with van der Waals surface area (Å²) in [7, 11) is 0. The van der Waals surface area contributed by atoms with Crippen molar-refractivity contribution < 1.29 is 78.4 Å². The largest absolute Gasteiger partial charge is 0.477 e. The topological polar surface area (TPSA) is 153 Å². The number of carbonyl (C=O) groups is 4. The Morgan fingerprint density at radius 2 is 0.962 bits per heavy atom. The molecule has 0 spiro atoms. The summed E-state index contributed by atoms with van der Waals surface area (Å²) in [5.74, 6) is -14.4. The SMILES string of the molecule is Cc1cc(F)c(C(N)=O)cc1C.Cc1cc(F)c(C(N)=O)cc1NC(=O)c1c(F)ccc(C(F)(F)F)c1F.O=C(O)c1c(F)ccc(C(F)(F)F)c1F.[HH]. The Morgan fingerprint density at radius 3 is 1.38 bits per heavy atom. The molecule has 8 nitrogen and oxygen atoms in total. The maximum atomic E-state index is 14.0. The van der Waals surface area contributed by atoms with Crippen molar-refractivity contribution in [1.29, 1.82) is 0 Å². The fourth-order valence-corrected chi connectivity index (χ4v) is 4.10. The Hall–Kier alpha value is -6.08. The number of aryl methyl sites for hydroxylation is 3. The number of amides is 3. The van der Waals surface area contributed by atoms with Gasteiger partial charge in [-0.3, -0.25) is 14.4 Å². The van der Waals surface area contributed by atoms with Gasteiger partial charge in [-0.25, -0.2) is 31.1 Å². The first-order chi connectivity index (χ1) is 24.2. The van der Waals surface area contributed by atoms with Crippen LogP contribution in [0.3, 0.4) is 0 Å². The van der Waals surface area contributed by atoms with Crippen LogP contribution in [0.2, 0.25) is 0 Å². The number of hydrogen-bond acceptors (Lipinski definition) is 4. The first-order valence-electron chi connectivity index (χ1n) is 14.0. The second-order valence-electron chi connectivity index (χ2n) is 10.6. The lowest BCUT2D eigenvalue weighted by molar-refractivity contribution is -0.141. The van der Waals surface area contributed by atoms with Crippen LogP contribution < -0.4 is 16.8 Å². The zero-order valence-electron chi connectivity index (χ0n) is 26.9. The number of anilines is 1. The molecule has 4 aromatic carbocycles. The van der Waals surface area contributed by atoms with Gasteiger partial charge in [0.05, 0.1) is 22.3 Å². The van der Waals surface area contributed by atoms with Crippen LogP contribution in [-0.2, 0) is 12.4 Å². The number of aromatic carboxylic acids is 1. The fraction of sp³-hybridized carbons (Fsp3) is 0.152. The predicted molar refractivity (Wildman–Crippen MR) is 164 cm³/mol. The lowest BCUT2D eigenvalue weighted by Gasteiger charge is -2.14. The maximum absolute atomic E-state index is 14.0. The third kappa shape index (κ3) is 10.5. The number of carbonyl (C=O) groups excluding carboxylic acids is 3. The van der Waals surface area contributed by atoms with Crippen LogP contribution in [0.15, 0.2) is 48.5 Å². The van der Waals surface area contributed by atoms with Crippen molar-refractivity contribution in [3.63, 3.8) is 0 Å². The standard InChI is InChI=1S/C16H10F6N2O2.C9H10FNO.C8H3F5O2.H2/c1-6-4-10(18)7(14(23)25)5-11(6)24-15(26)12-9(17)3-2-8(13(12)19)16(20,21)22;1-5-3-7(9(11)12)8(10)4-6(5)2;9-4-2-1-3(8(11,12)13)6(10)5(4)7(14)15;/h2-5H,1H3,(H2,23,25)(H,24,26);3-4H,1-2H3,(H2,11,12);1-2H,(H,14,15);1H. The van der Waals surface area contributed by atoms with Crippen LogP contribution in [0.1, 0.15) is 70.7 Å². The number of hydrogen-bond donors (Lipinski definition) is 4. The average molecular weight is 772 g/mol. The number of nitrogens with two attached hydrogens (primary N) is 2. The van der Waals surface area contributed by atoms with Crippen LogP contribution in [0.4, 0.5) is 58.4 Å². The molecule has 0 atom stereocenters. The number of carboxylic acids is 1. The molecule has 20 heteroatoms. The maximum Gasteiger partial charge on any atom is 0.419 e. The second-order valence-corrected chi connectivity index (χ2v) is 10.6. The van der Waals surface area contributed by atoms with Gasteiger partial charge in [0.1, 0.15) is 34.4 Å². The molecular weight excluding hydrogens is 746 g/mol. The molecule has 0 saturated carbocycles. The van der Waals surface area contributed by atoms with E-state index < -0.39 is 98.8 Å². The van der Waals surface area contributed by atoms with E-state index in [-0.39, 0.29) is 36.4 Å². The number of primary amides is 2. The van der Waals surface area contributed by atoms with Gasteiger partial charge in [-0.15, -0.1) is 0 Å². The highest BCUT2D eigenvalue weighted by Gasteiger charge is 2.38. The Labute approximate surface area is 291 Å². The smallest absolute Gasteiger partial charge is 0.419 e. The summed E-state index contributed by atoms with van der Waals surface area (Å²) in [5, 5.41) is 10.2. The summed E-state index contributed by atoms with van der Waals surface area (Å²) < 4.78 is 154. The molecule has 0 aliphatic heterocycles. The average Bonchev–Trinajstić information content (AvgIpc) is 2.99. The van der Waals surface area contributed by atoms with Crippen molar-refractivity contribution in [3.8, 4) is 0 Å². The normalized spacial score (nSPS) is 11.1. The van der Waals surface area contributed by atoms with Gasteiger partial charge < -0.3 is 21.9 Å². The Kier molecular flexibility index (Phi) is 13.4. The number of nitrogens with one attached hydrogen (secondary N) is 1. The van der Waals surface area contributed by atoms with E-state index in [0.29, 0.717) is 6.07 Å². The fourth-order valence-electron chi connectivity index (χ4n) is 4.10. The summed E-state index contributed by atoms with van der Waals surface area (Å²) in [6.45, 7) is 4.88. The van der Waals surface area contributed by atoms with Crippen molar-refractivity contribution in [3.05, 3.63) is 134 Å². The van der Waals surface area contributed by atoms with Gasteiger partial charge in [0, 0.05) is 7.11 Å². The van der Waals surface area contributed by atoms with Crippen LogP contribution in [0.25, 0.3) is 0 Å². The van der Waals surface area contributed by atoms with Gasteiger partial charge >= 0.3 is 18.3 Å². The number of rotatable bonds is 5. The van der Waals surface area contributed by atoms with Crippen molar-refractivity contribution in [2.75, 3.05) is 5.32 Å². The van der Waals surface area contributed by atoms with E-state index in [0.717, 1.165) is 23.3 Å². The summed E-state index contributed by atoms with van der Waals surface area (Å²) in [5.41, 5.74) is 4.03. The highest BCUT2D eigenvalue weighted by molar-refractivity contribution is 6.06. The Bertz CT molecular complexity index is 2110. The number of carboxylic acid groups (broad SMARTS) is 1. The quantitative estimate of drug-likeness (QED) is 0.151. The van der Waals surface area contributed by atoms with Crippen LogP contribution >= 0.6 is 0 Å². The zero-order valence-corrected chi connectivity index (χ0v) is 26.9. The van der Waals surface area contributed by atoms with Gasteiger partial charge in [-0.1, -0.05) is 0 Å². The zero-order chi connectivity index (χ0) is 40.9. The predicted octanol–water partition coefficient (Wildman–Crippen LogP) is 8.25. The summed E-state index contributed by atoms with van der Waals surface area (Å²) in [6, 6.07) is 5.29. The molecule has 3 amide bonds. The van der Waals surface area contributed by atoms with Gasteiger partial charge in [0.25, 0.3) is 17.7 Å². The molecule has 286 valence electrons. The van der Waals surface area contributed by atoms with Crippen LogP contribution in [0.5, 0.6) is 0 Å². The minimum atomic E-state index is -5.14. The molecule has 0 radical (unpaired) electrons. The van der Waals surface area contributed by atoms with E-state index in [1.165, 1.54) is 19.1 Å².